The summed E-state index contributed by atoms with van der Waals surface area (Å²) in [5, 5.41) is 0. The highest BCUT2D eigenvalue weighted by Crippen LogP contribution is 2.26. The molecule has 1 atom stereocenters. The predicted octanol–water partition coefficient (Wildman–Crippen LogP) is 0.209. The van der Waals surface area contributed by atoms with E-state index in [0.29, 0.717) is 12.8 Å². The standard InChI is InChI=1S/C8H18O5Si/c1-8(6-13-8)5-12-7-14(9-2,10-3)11-4/h5-7H2,1-4H3. The third-order valence-electron chi connectivity index (χ3n) is 2.26. The molecular formula is C8H18O5Si. The van der Waals surface area contributed by atoms with E-state index in [-0.39, 0.29) is 5.60 Å². The maximum Gasteiger partial charge on any atom is 0.527 e. The molecule has 0 aromatic rings. The second kappa shape index (κ2) is 4.69. The maximum absolute atomic E-state index is 5.46. The minimum Gasteiger partial charge on any atom is -0.375 e. The van der Waals surface area contributed by atoms with Crippen molar-refractivity contribution >= 4 is 8.80 Å². The average molecular weight is 222 g/mol. The average Bonchev–Trinajstić information content (AvgIpc) is 2.93. The van der Waals surface area contributed by atoms with Crippen LogP contribution in [-0.2, 0) is 22.8 Å². The lowest BCUT2D eigenvalue weighted by Crippen LogP contribution is -2.48. The van der Waals surface area contributed by atoms with Gasteiger partial charge in [-0.1, -0.05) is 0 Å². The van der Waals surface area contributed by atoms with Crippen LogP contribution in [-0.4, -0.2) is 55.2 Å². The molecule has 0 spiro atoms. The van der Waals surface area contributed by atoms with Crippen LogP contribution in [0.4, 0.5) is 0 Å². The first-order valence-electron chi connectivity index (χ1n) is 4.47. The lowest BCUT2D eigenvalue weighted by Gasteiger charge is -2.24. The van der Waals surface area contributed by atoms with Gasteiger partial charge in [-0.25, -0.2) is 0 Å². The molecule has 1 aliphatic rings. The van der Waals surface area contributed by atoms with E-state index in [1.807, 2.05) is 6.92 Å². The Morgan fingerprint density at radius 2 is 1.71 bits per heavy atom. The summed E-state index contributed by atoms with van der Waals surface area (Å²) < 4.78 is 26.2. The Kier molecular flexibility index (Phi) is 4.05. The Labute approximate surface area is 85.6 Å². The first-order valence-corrected chi connectivity index (χ1v) is 6.40. The largest absolute Gasteiger partial charge is 0.527 e. The van der Waals surface area contributed by atoms with Crippen LogP contribution in [0.2, 0.25) is 0 Å². The van der Waals surface area contributed by atoms with E-state index < -0.39 is 8.80 Å². The van der Waals surface area contributed by atoms with Crippen molar-refractivity contribution in [3.8, 4) is 0 Å². The number of hydrogen-bond acceptors (Lipinski definition) is 5. The summed E-state index contributed by atoms with van der Waals surface area (Å²) in [5.74, 6) is 0. The minimum absolute atomic E-state index is 0.102. The summed E-state index contributed by atoms with van der Waals surface area (Å²) in [5.41, 5.74) is -0.102. The zero-order valence-electron chi connectivity index (χ0n) is 9.16. The second-order valence-electron chi connectivity index (χ2n) is 3.53. The van der Waals surface area contributed by atoms with Crippen LogP contribution < -0.4 is 0 Å². The highest BCUT2D eigenvalue weighted by atomic mass is 28.4. The molecule has 1 heterocycles. The molecule has 1 saturated heterocycles. The molecule has 1 aliphatic heterocycles. The highest BCUT2D eigenvalue weighted by Gasteiger charge is 2.43. The fourth-order valence-corrected chi connectivity index (χ4v) is 2.23. The molecule has 0 N–H and O–H groups in total. The molecule has 1 rings (SSSR count). The van der Waals surface area contributed by atoms with Crippen LogP contribution in [0.3, 0.4) is 0 Å². The van der Waals surface area contributed by atoms with Gasteiger partial charge >= 0.3 is 8.80 Å². The minimum atomic E-state index is -2.57. The Hall–Kier alpha value is 0.0169. The van der Waals surface area contributed by atoms with Crippen molar-refractivity contribution in [3.63, 3.8) is 0 Å². The molecule has 0 amide bonds. The zero-order chi connectivity index (χ0) is 10.7. The van der Waals surface area contributed by atoms with Crippen molar-refractivity contribution in [3.05, 3.63) is 0 Å². The highest BCUT2D eigenvalue weighted by molar-refractivity contribution is 6.60. The Morgan fingerprint density at radius 1 is 1.21 bits per heavy atom. The summed E-state index contributed by atoms with van der Waals surface area (Å²) in [6.45, 7) is 3.31. The monoisotopic (exact) mass is 222 g/mol. The fraction of sp³-hybridized carbons (Fsp3) is 1.00. The molecule has 6 heteroatoms. The van der Waals surface area contributed by atoms with Crippen LogP contribution in [0.1, 0.15) is 6.92 Å². The van der Waals surface area contributed by atoms with Gasteiger partial charge in [0.05, 0.1) is 13.2 Å². The topological polar surface area (TPSA) is 49.5 Å². The molecule has 0 bridgehead atoms. The molecule has 14 heavy (non-hydrogen) atoms. The lowest BCUT2D eigenvalue weighted by molar-refractivity contribution is 0.0461. The van der Waals surface area contributed by atoms with Crippen molar-refractivity contribution in [2.75, 3.05) is 40.8 Å². The number of rotatable bonds is 7. The molecule has 5 nitrogen and oxygen atoms in total. The summed E-state index contributed by atoms with van der Waals surface area (Å²) in [7, 11) is 2.13. The SMILES string of the molecule is CO[Si](COCC1(C)CO1)(OC)OC. The van der Waals surface area contributed by atoms with Gasteiger partial charge in [0.15, 0.2) is 0 Å². The molecule has 1 unspecified atom stereocenters. The fourth-order valence-electron chi connectivity index (χ4n) is 1.03. The first-order chi connectivity index (χ1) is 6.60. The van der Waals surface area contributed by atoms with E-state index in [1.165, 1.54) is 0 Å². The third kappa shape index (κ3) is 3.01. The van der Waals surface area contributed by atoms with Gasteiger partial charge in [-0.05, 0) is 6.92 Å². The Bertz CT molecular complexity index is 170. The molecule has 0 aromatic heterocycles. The number of epoxide rings is 1. The molecule has 0 saturated carbocycles. The van der Waals surface area contributed by atoms with Crippen LogP contribution in [0.15, 0.2) is 0 Å². The smallest absolute Gasteiger partial charge is 0.375 e. The first kappa shape index (κ1) is 12.1. The molecular weight excluding hydrogens is 204 g/mol. The second-order valence-corrected chi connectivity index (χ2v) is 6.41. The summed E-state index contributed by atoms with van der Waals surface area (Å²) >= 11 is 0. The summed E-state index contributed by atoms with van der Waals surface area (Å²) in [6.07, 6.45) is 0.357. The van der Waals surface area contributed by atoms with E-state index in [0.717, 1.165) is 6.61 Å². The van der Waals surface area contributed by atoms with Gasteiger partial charge in [-0.2, -0.15) is 0 Å². The molecule has 0 aromatic carbocycles. The van der Waals surface area contributed by atoms with E-state index >= 15 is 0 Å². The molecule has 1 fully saturated rings. The van der Waals surface area contributed by atoms with Gasteiger partial charge in [-0.15, -0.1) is 0 Å². The number of hydrogen-bond donors (Lipinski definition) is 0. The normalized spacial score (nSPS) is 26.6. The van der Waals surface area contributed by atoms with Gasteiger partial charge in [0.1, 0.15) is 11.8 Å². The Balaban J connectivity index is 2.25. The number of ether oxygens (including phenoxy) is 2. The van der Waals surface area contributed by atoms with Crippen LogP contribution in [0, 0.1) is 0 Å². The summed E-state index contributed by atoms with van der Waals surface area (Å²) in [6, 6.07) is 0. The third-order valence-corrected chi connectivity index (χ3v) is 4.68. The molecule has 0 radical (unpaired) electrons. The molecule has 0 aliphatic carbocycles. The summed E-state index contributed by atoms with van der Waals surface area (Å²) in [4.78, 5) is 0. The van der Waals surface area contributed by atoms with Gasteiger partial charge in [0, 0.05) is 21.3 Å². The quantitative estimate of drug-likeness (QED) is 0.455. The van der Waals surface area contributed by atoms with Gasteiger partial charge < -0.3 is 22.8 Å². The van der Waals surface area contributed by atoms with Crippen LogP contribution in [0.5, 0.6) is 0 Å². The Morgan fingerprint density at radius 3 is 2.07 bits per heavy atom. The maximum atomic E-state index is 5.46. The van der Waals surface area contributed by atoms with E-state index in [2.05, 4.69) is 0 Å². The van der Waals surface area contributed by atoms with E-state index in [4.69, 9.17) is 22.8 Å². The van der Waals surface area contributed by atoms with E-state index in [9.17, 15) is 0 Å². The van der Waals surface area contributed by atoms with Crippen LogP contribution in [0.25, 0.3) is 0 Å². The van der Waals surface area contributed by atoms with Crippen molar-refractivity contribution in [1.29, 1.82) is 0 Å². The van der Waals surface area contributed by atoms with Gasteiger partial charge in [0.25, 0.3) is 0 Å². The van der Waals surface area contributed by atoms with E-state index in [1.54, 1.807) is 21.3 Å². The van der Waals surface area contributed by atoms with Gasteiger partial charge in [0.2, 0.25) is 0 Å². The molecule has 84 valence electrons. The van der Waals surface area contributed by atoms with Gasteiger partial charge in [-0.3, -0.25) is 0 Å². The van der Waals surface area contributed by atoms with Crippen LogP contribution >= 0.6 is 0 Å². The predicted molar refractivity (Wildman–Crippen MR) is 52.0 cm³/mol. The van der Waals surface area contributed by atoms with Crippen molar-refractivity contribution in [1.82, 2.24) is 0 Å². The zero-order valence-corrected chi connectivity index (χ0v) is 10.2. The lowest BCUT2D eigenvalue weighted by atomic mass is 10.2. The van der Waals surface area contributed by atoms with Crippen molar-refractivity contribution < 1.29 is 22.8 Å². The van der Waals surface area contributed by atoms with Crippen molar-refractivity contribution in [2.45, 2.75) is 12.5 Å². The van der Waals surface area contributed by atoms with Crippen molar-refractivity contribution in [2.24, 2.45) is 0 Å².